The van der Waals surface area contributed by atoms with Gasteiger partial charge in [0.1, 0.15) is 0 Å². The number of aryl methyl sites for hydroxylation is 2. The number of hydrogen-bond donors (Lipinski definition) is 1. The lowest BCUT2D eigenvalue weighted by Crippen LogP contribution is -2.11. The van der Waals surface area contributed by atoms with Crippen molar-refractivity contribution in [1.29, 1.82) is 0 Å². The Labute approximate surface area is 96.4 Å². The molecular formula is C11H21N3O2. The van der Waals surface area contributed by atoms with E-state index in [-0.39, 0.29) is 0 Å². The Morgan fingerprint density at radius 1 is 1.44 bits per heavy atom. The molecule has 0 saturated heterocycles. The maximum Gasteiger partial charge on any atom is 0.226 e. The maximum atomic E-state index is 5.54. The Balaban J connectivity index is 2.28. The molecule has 0 spiro atoms. The van der Waals surface area contributed by atoms with Crippen molar-refractivity contribution in [3.8, 4) is 0 Å². The SMILES string of the molecule is COCCCc1noc(CCC(C)CN)n1. The van der Waals surface area contributed by atoms with Crippen LogP contribution in [0.1, 0.15) is 31.5 Å². The van der Waals surface area contributed by atoms with E-state index in [9.17, 15) is 0 Å². The van der Waals surface area contributed by atoms with E-state index in [4.69, 9.17) is 15.0 Å². The summed E-state index contributed by atoms with van der Waals surface area (Å²) in [5.41, 5.74) is 5.54. The summed E-state index contributed by atoms with van der Waals surface area (Å²) in [4.78, 5) is 4.31. The molecule has 1 atom stereocenters. The third-order valence-electron chi connectivity index (χ3n) is 2.51. The molecule has 1 aromatic rings. The highest BCUT2D eigenvalue weighted by Gasteiger charge is 2.07. The summed E-state index contributed by atoms with van der Waals surface area (Å²) in [6, 6.07) is 0. The van der Waals surface area contributed by atoms with E-state index >= 15 is 0 Å². The van der Waals surface area contributed by atoms with Gasteiger partial charge in [0.15, 0.2) is 5.82 Å². The molecule has 0 saturated carbocycles. The summed E-state index contributed by atoms with van der Waals surface area (Å²) in [5.74, 6) is 1.99. The molecule has 92 valence electrons. The molecular weight excluding hydrogens is 206 g/mol. The van der Waals surface area contributed by atoms with Gasteiger partial charge in [-0.1, -0.05) is 12.1 Å². The van der Waals surface area contributed by atoms with Crippen LogP contribution in [0.2, 0.25) is 0 Å². The van der Waals surface area contributed by atoms with E-state index in [1.165, 1.54) is 0 Å². The van der Waals surface area contributed by atoms with Gasteiger partial charge < -0.3 is 15.0 Å². The van der Waals surface area contributed by atoms with Gasteiger partial charge >= 0.3 is 0 Å². The number of nitrogens with zero attached hydrogens (tertiary/aromatic N) is 2. The van der Waals surface area contributed by atoms with Gasteiger partial charge in [0, 0.05) is 26.6 Å². The van der Waals surface area contributed by atoms with Gasteiger partial charge in [-0.3, -0.25) is 0 Å². The first kappa shape index (κ1) is 13.1. The van der Waals surface area contributed by atoms with E-state index in [0.717, 1.165) is 38.1 Å². The molecule has 2 N–H and O–H groups in total. The van der Waals surface area contributed by atoms with Crippen LogP contribution < -0.4 is 5.73 Å². The van der Waals surface area contributed by atoms with E-state index in [2.05, 4.69) is 17.1 Å². The van der Waals surface area contributed by atoms with E-state index in [1.807, 2.05) is 0 Å². The van der Waals surface area contributed by atoms with Crippen molar-refractivity contribution in [3.05, 3.63) is 11.7 Å². The second kappa shape index (κ2) is 7.35. The lowest BCUT2D eigenvalue weighted by Gasteiger charge is -2.03. The number of methoxy groups -OCH3 is 1. The zero-order valence-electron chi connectivity index (χ0n) is 10.1. The first-order valence-corrected chi connectivity index (χ1v) is 5.76. The van der Waals surface area contributed by atoms with Crippen LogP contribution in [0, 0.1) is 5.92 Å². The van der Waals surface area contributed by atoms with E-state index in [0.29, 0.717) is 18.4 Å². The molecule has 0 aliphatic rings. The third kappa shape index (κ3) is 4.72. The van der Waals surface area contributed by atoms with Gasteiger partial charge in [0.05, 0.1) is 0 Å². The highest BCUT2D eigenvalue weighted by atomic mass is 16.5. The third-order valence-corrected chi connectivity index (χ3v) is 2.51. The zero-order valence-corrected chi connectivity index (χ0v) is 10.1. The molecule has 1 unspecified atom stereocenters. The molecule has 1 aromatic heterocycles. The minimum atomic E-state index is 0.504. The van der Waals surface area contributed by atoms with E-state index in [1.54, 1.807) is 7.11 Å². The second-order valence-electron chi connectivity index (χ2n) is 4.08. The molecule has 0 fully saturated rings. The Kier molecular flexibility index (Phi) is 6.03. The Morgan fingerprint density at radius 3 is 2.94 bits per heavy atom. The van der Waals surface area contributed by atoms with Crippen LogP contribution in [-0.4, -0.2) is 30.4 Å². The quantitative estimate of drug-likeness (QED) is 0.675. The summed E-state index contributed by atoms with van der Waals surface area (Å²) >= 11 is 0. The van der Waals surface area contributed by atoms with Crippen molar-refractivity contribution in [1.82, 2.24) is 10.1 Å². The highest BCUT2D eigenvalue weighted by Crippen LogP contribution is 2.07. The Bertz CT molecular complexity index is 289. The molecule has 5 nitrogen and oxygen atoms in total. The number of aromatic nitrogens is 2. The molecule has 0 aromatic carbocycles. The lowest BCUT2D eigenvalue weighted by atomic mass is 10.1. The van der Waals surface area contributed by atoms with Crippen LogP contribution in [0.3, 0.4) is 0 Å². The second-order valence-corrected chi connectivity index (χ2v) is 4.08. The molecule has 0 amide bonds. The number of rotatable bonds is 8. The van der Waals surface area contributed by atoms with Crippen molar-refractivity contribution in [2.24, 2.45) is 11.7 Å². The van der Waals surface area contributed by atoms with Crippen LogP contribution in [0.25, 0.3) is 0 Å². The average molecular weight is 227 g/mol. The molecule has 1 heterocycles. The molecule has 0 radical (unpaired) electrons. The molecule has 0 aliphatic carbocycles. The predicted molar refractivity (Wildman–Crippen MR) is 61.0 cm³/mol. The van der Waals surface area contributed by atoms with Crippen LogP contribution in [-0.2, 0) is 17.6 Å². The summed E-state index contributed by atoms with van der Waals surface area (Å²) in [5, 5.41) is 3.92. The van der Waals surface area contributed by atoms with Crippen molar-refractivity contribution in [2.45, 2.75) is 32.6 Å². The van der Waals surface area contributed by atoms with Crippen LogP contribution in [0.4, 0.5) is 0 Å². The Morgan fingerprint density at radius 2 is 2.25 bits per heavy atom. The van der Waals surface area contributed by atoms with Gasteiger partial charge in [-0.2, -0.15) is 4.98 Å². The fraction of sp³-hybridized carbons (Fsp3) is 0.818. The van der Waals surface area contributed by atoms with Crippen molar-refractivity contribution in [2.75, 3.05) is 20.3 Å². The van der Waals surface area contributed by atoms with Crippen molar-refractivity contribution >= 4 is 0 Å². The lowest BCUT2D eigenvalue weighted by molar-refractivity contribution is 0.194. The zero-order chi connectivity index (χ0) is 11.8. The fourth-order valence-electron chi connectivity index (χ4n) is 1.36. The fourth-order valence-corrected chi connectivity index (χ4v) is 1.36. The summed E-state index contributed by atoms with van der Waals surface area (Å²) < 4.78 is 10.1. The number of ether oxygens (including phenoxy) is 1. The summed E-state index contributed by atoms with van der Waals surface area (Å²) in [6.45, 7) is 3.55. The van der Waals surface area contributed by atoms with Gasteiger partial charge in [-0.05, 0) is 25.3 Å². The van der Waals surface area contributed by atoms with Crippen molar-refractivity contribution in [3.63, 3.8) is 0 Å². The standard InChI is InChI=1S/C11H21N3O2/c1-9(8-12)5-6-11-13-10(14-16-11)4-3-7-15-2/h9H,3-8,12H2,1-2H3. The topological polar surface area (TPSA) is 74.2 Å². The number of nitrogens with two attached hydrogens (primary N) is 1. The average Bonchev–Trinajstić information content (AvgIpc) is 2.74. The summed E-state index contributed by atoms with van der Waals surface area (Å²) in [7, 11) is 1.69. The molecule has 1 rings (SSSR count). The van der Waals surface area contributed by atoms with Gasteiger partial charge in [0.2, 0.25) is 5.89 Å². The minimum absolute atomic E-state index is 0.504. The maximum absolute atomic E-state index is 5.54. The first-order chi connectivity index (χ1) is 7.76. The summed E-state index contributed by atoms with van der Waals surface area (Å²) in [6.07, 6.45) is 3.55. The van der Waals surface area contributed by atoms with Crippen LogP contribution >= 0.6 is 0 Å². The molecule has 0 bridgehead atoms. The molecule has 16 heavy (non-hydrogen) atoms. The largest absolute Gasteiger partial charge is 0.385 e. The monoisotopic (exact) mass is 227 g/mol. The molecule has 5 heteroatoms. The molecule has 0 aliphatic heterocycles. The van der Waals surface area contributed by atoms with Crippen molar-refractivity contribution < 1.29 is 9.26 Å². The highest BCUT2D eigenvalue weighted by molar-refractivity contribution is 4.86. The Hall–Kier alpha value is -0.940. The normalized spacial score (nSPS) is 12.9. The number of hydrogen-bond acceptors (Lipinski definition) is 5. The smallest absolute Gasteiger partial charge is 0.226 e. The van der Waals surface area contributed by atoms with Gasteiger partial charge in [-0.25, -0.2) is 0 Å². The van der Waals surface area contributed by atoms with Gasteiger partial charge in [-0.15, -0.1) is 0 Å². The minimum Gasteiger partial charge on any atom is -0.385 e. The van der Waals surface area contributed by atoms with Crippen LogP contribution in [0.5, 0.6) is 0 Å². The first-order valence-electron chi connectivity index (χ1n) is 5.76. The van der Waals surface area contributed by atoms with E-state index < -0.39 is 0 Å². The van der Waals surface area contributed by atoms with Gasteiger partial charge in [0.25, 0.3) is 0 Å². The van der Waals surface area contributed by atoms with Crippen LogP contribution in [0.15, 0.2) is 4.52 Å². The predicted octanol–water partition coefficient (Wildman–Crippen LogP) is 1.18.